The monoisotopic (exact) mass is 299 g/mol. The average Bonchev–Trinajstić information content (AvgIpc) is 2.47. The summed E-state index contributed by atoms with van der Waals surface area (Å²) in [5.41, 5.74) is 2.91. The molecule has 0 saturated carbocycles. The standard InChI is InChI=1S/C18H21NO3/c1-14-6-5-9-16(10-14)17(20)12-19(13-18(21)22)11-15-7-3-2-4-8-15/h2-10,17,20H,11-13H2,1H3,(H,21,22). The first kappa shape index (κ1) is 16.2. The van der Waals surface area contributed by atoms with Crippen LogP contribution in [0.4, 0.5) is 0 Å². The van der Waals surface area contributed by atoms with Crippen LogP contribution in [0.1, 0.15) is 22.8 Å². The van der Waals surface area contributed by atoms with Gasteiger partial charge in [-0.25, -0.2) is 0 Å². The molecule has 2 N–H and O–H groups in total. The van der Waals surface area contributed by atoms with E-state index in [1.165, 1.54) is 0 Å². The summed E-state index contributed by atoms with van der Waals surface area (Å²) in [7, 11) is 0. The fraction of sp³-hybridized carbons (Fsp3) is 0.278. The third kappa shape index (κ3) is 4.98. The lowest BCUT2D eigenvalue weighted by molar-refractivity contribution is -0.138. The Morgan fingerprint density at radius 2 is 1.86 bits per heavy atom. The number of nitrogens with zero attached hydrogens (tertiary/aromatic N) is 1. The number of carboxylic acids is 1. The van der Waals surface area contributed by atoms with Gasteiger partial charge in [0.2, 0.25) is 0 Å². The lowest BCUT2D eigenvalue weighted by Crippen LogP contribution is -2.33. The number of hydrogen-bond donors (Lipinski definition) is 2. The second kappa shape index (κ2) is 7.73. The number of carboxylic acid groups (broad SMARTS) is 1. The number of rotatable bonds is 7. The van der Waals surface area contributed by atoms with Crippen molar-refractivity contribution in [1.29, 1.82) is 0 Å². The first-order valence-electron chi connectivity index (χ1n) is 7.27. The SMILES string of the molecule is Cc1cccc(C(O)CN(CC(=O)O)Cc2ccccc2)c1. The Hall–Kier alpha value is -2.17. The van der Waals surface area contributed by atoms with E-state index in [4.69, 9.17) is 5.11 Å². The van der Waals surface area contributed by atoms with Crippen LogP contribution in [-0.2, 0) is 11.3 Å². The molecule has 0 aliphatic rings. The zero-order chi connectivity index (χ0) is 15.9. The molecule has 0 fully saturated rings. The van der Waals surface area contributed by atoms with E-state index in [1.54, 1.807) is 4.90 Å². The van der Waals surface area contributed by atoms with Crippen LogP contribution < -0.4 is 0 Å². The van der Waals surface area contributed by atoms with E-state index in [0.717, 1.165) is 16.7 Å². The van der Waals surface area contributed by atoms with Crippen LogP contribution in [0, 0.1) is 6.92 Å². The summed E-state index contributed by atoms with van der Waals surface area (Å²) in [6.07, 6.45) is -0.706. The maximum absolute atomic E-state index is 11.0. The number of aliphatic carboxylic acids is 1. The van der Waals surface area contributed by atoms with Gasteiger partial charge in [0.25, 0.3) is 0 Å². The molecule has 0 aliphatic heterocycles. The molecule has 2 aromatic carbocycles. The van der Waals surface area contributed by atoms with E-state index >= 15 is 0 Å². The molecular weight excluding hydrogens is 278 g/mol. The maximum Gasteiger partial charge on any atom is 0.317 e. The molecule has 2 aromatic rings. The number of hydrogen-bond acceptors (Lipinski definition) is 3. The highest BCUT2D eigenvalue weighted by Gasteiger charge is 2.16. The third-order valence-corrected chi connectivity index (χ3v) is 3.47. The first-order valence-corrected chi connectivity index (χ1v) is 7.27. The first-order chi connectivity index (χ1) is 10.5. The minimum Gasteiger partial charge on any atom is -0.480 e. The number of aryl methyl sites for hydroxylation is 1. The summed E-state index contributed by atoms with van der Waals surface area (Å²) in [5, 5.41) is 19.4. The van der Waals surface area contributed by atoms with E-state index in [0.29, 0.717) is 6.54 Å². The molecule has 22 heavy (non-hydrogen) atoms. The molecular formula is C18H21NO3. The molecule has 116 valence electrons. The van der Waals surface area contributed by atoms with Crippen molar-refractivity contribution in [3.63, 3.8) is 0 Å². The number of aliphatic hydroxyl groups excluding tert-OH is 1. The molecule has 1 unspecified atom stereocenters. The van der Waals surface area contributed by atoms with Crippen LogP contribution in [0.25, 0.3) is 0 Å². The second-order valence-corrected chi connectivity index (χ2v) is 5.48. The van der Waals surface area contributed by atoms with Crippen LogP contribution in [0.2, 0.25) is 0 Å². The van der Waals surface area contributed by atoms with E-state index in [-0.39, 0.29) is 13.1 Å². The molecule has 0 saturated heterocycles. The summed E-state index contributed by atoms with van der Waals surface area (Å²) in [6, 6.07) is 17.3. The number of carbonyl (C=O) groups is 1. The lowest BCUT2D eigenvalue weighted by Gasteiger charge is -2.24. The van der Waals surface area contributed by atoms with Gasteiger partial charge >= 0.3 is 5.97 Å². The zero-order valence-corrected chi connectivity index (χ0v) is 12.6. The van der Waals surface area contributed by atoms with Crippen LogP contribution in [0.5, 0.6) is 0 Å². The Kier molecular flexibility index (Phi) is 5.69. The minimum atomic E-state index is -0.896. The van der Waals surface area contributed by atoms with Crippen molar-refractivity contribution in [3.8, 4) is 0 Å². The lowest BCUT2D eigenvalue weighted by atomic mass is 10.1. The molecule has 0 amide bonds. The van der Waals surface area contributed by atoms with Gasteiger partial charge in [0.1, 0.15) is 0 Å². The van der Waals surface area contributed by atoms with E-state index < -0.39 is 12.1 Å². The smallest absolute Gasteiger partial charge is 0.317 e. The molecule has 4 heteroatoms. The van der Waals surface area contributed by atoms with Crippen molar-refractivity contribution in [2.75, 3.05) is 13.1 Å². The third-order valence-electron chi connectivity index (χ3n) is 3.47. The molecule has 4 nitrogen and oxygen atoms in total. The largest absolute Gasteiger partial charge is 0.480 e. The van der Waals surface area contributed by atoms with Gasteiger partial charge in [-0.05, 0) is 18.1 Å². The van der Waals surface area contributed by atoms with Crippen molar-refractivity contribution in [3.05, 3.63) is 71.3 Å². The van der Waals surface area contributed by atoms with E-state index in [2.05, 4.69) is 0 Å². The van der Waals surface area contributed by atoms with Gasteiger partial charge in [-0.3, -0.25) is 9.69 Å². The summed E-state index contributed by atoms with van der Waals surface area (Å²) in [6.45, 7) is 2.65. The Labute approximate surface area is 130 Å². The van der Waals surface area contributed by atoms with Crippen molar-refractivity contribution >= 4 is 5.97 Å². The fourth-order valence-corrected chi connectivity index (χ4v) is 2.45. The van der Waals surface area contributed by atoms with E-state index in [1.807, 2.05) is 61.5 Å². The van der Waals surface area contributed by atoms with Crippen molar-refractivity contribution in [1.82, 2.24) is 4.90 Å². The number of benzene rings is 2. The van der Waals surface area contributed by atoms with Crippen LogP contribution in [-0.4, -0.2) is 34.2 Å². The Morgan fingerprint density at radius 1 is 1.14 bits per heavy atom. The van der Waals surface area contributed by atoms with Crippen LogP contribution >= 0.6 is 0 Å². The van der Waals surface area contributed by atoms with Crippen molar-refractivity contribution in [2.45, 2.75) is 19.6 Å². The van der Waals surface area contributed by atoms with Crippen molar-refractivity contribution < 1.29 is 15.0 Å². The molecule has 0 aliphatic carbocycles. The second-order valence-electron chi connectivity index (χ2n) is 5.48. The van der Waals surface area contributed by atoms with Gasteiger partial charge in [-0.2, -0.15) is 0 Å². The highest BCUT2D eigenvalue weighted by Crippen LogP contribution is 2.17. The Morgan fingerprint density at radius 3 is 2.50 bits per heavy atom. The molecule has 1 atom stereocenters. The highest BCUT2D eigenvalue weighted by molar-refractivity contribution is 5.69. The van der Waals surface area contributed by atoms with Crippen molar-refractivity contribution in [2.24, 2.45) is 0 Å². The van der Waals surface area contributed by atoms with Gasteiger partial charge in [0.15, 0.2) is 0 Å². The molecule has 0 heterocycles. The highest BCUT2D eigenvalue weighted by atomic mass is 16.4. The molecule has 2 rings (SSSR count). The van der Waals surface area contributed by atoms with Gasteiger partial charge in [0, 0.05) is 13.1 Å². The average molecular weight is 299 g/mol. The zero-order valence-electron chi connectivity index (χ0n) is 12.6. The van der Waals surface area contributed by atoms with Crippen LogP contribution in [0.15, 0.2) is 54.6 Å². The van der Waals surface area contributed by atoms with Gasteiger partial charge in [0.05, 0.1) is 12.6 Å². The van der Waals surface area contributed by atoms with Crippen LogP contribution in [0.3, 0.4) is 0 Å². The summed E-state index contributed by atoms with van der Waals surface area (Å²) in [4.78, 5) is 12.8. The van der Waals surface area contributed by atoms with Gasteiger partial charge < -0.3 is 10.2 Å². The van der Waals surface area contributed by atoms with Gasteiger partial charge in [-0.1, -0.05) is 60.2 Å². The summed E-state index contributed by atoms with van der Waals surface area (Å²) < 4.78 is 0. The predicted molar refractivity (Wildman–Crippen MR) is 85.5 cm³/mol. The molecule has 0 radical (unpaired) electrons. The summed E-state index contributed by atoms with van der Waals surface area (Å²) >= 11 is 0. The molecule has 0 spiro atoms. The normalized spacial score (nSPS) is 12.3. The Bertz CT molecular complexity index is 613. The van der Waals surface area contributed by atoms with Gasteiger partial charge in [-0.15, -0.1) is 0 Å². The topological polar surface area (TPSA) is 60.8 Å². The molecule has 0 bridgehead atoms. The maximum atomic E-state index is 11.0. The molecule has 0 aromatic heterocycles. The minimum absolute atomic E-state index is 0.0994. The summed E-state index contributed by atoms with van der Waals surface area (Å²) in [5.74, 6) is -0.896. The van der Waals surface area contributed by atoms with E-state index in [9.17, 15) is 9.90 Å². The Balaban J connectivity index is 2.07. The quantitative estimate of drug-likeness (QED) is 0.825. The fourth-order valence-electron chi connectivity index (χ4n) is 2.45. The predicted octanol–water partition coefficient (Wildman–Crippen LogP) is 2.62. The number of aliphatic hydroxyl groups is 1.